The number of allylic oxidation sites excluding steroid dienone is 18. The Labute approximate surface area is 466 Å². The van der Waals surface area contributed by atoms with Crippen LogP contribution in [0.5, 0.6) is 0 Å². The molecule has 0 aromatic heterocycles. The Morgan fingerprint density at radius 2 is 0.750 bits per heavy atom. The van der Waals surface area contributed by atoms with Crippen molar-refractivity contribution >= 4 is 17.9 Å². The lowest BCUT2D eigenvalue weighted by Crippen LogP contribution is -2.40. The number of hydrogen-bond donors (Lipinski definition) is 1. The summed E-state index contributed by atoms with van der Waals surface area (Å²) < 4.78 is 22.9. The fraction of sp³-hybridized carbons (Fsp3) is 0.687. The van der Waals surface area contributed by atoms with Crippen LogP contribution in [0.3, 0.4) is 0 Å². The van der Waals surface area contributed by atoms with Gasteiger partial charge in [-0.2, -0.15) is 0 Å². The molecular formula is C67H114NO8+. The van der Waals surface area contributed by atoms with Gasteiger partial charge in [-0.1, -0.05) is 252 Å². The third-order valence-electron chi connectivity index (χ3n) is 12.8. The van der Waals surface area contributed by atoms with Crippen LogP contribution in [0.1, 0.15) is 239 Å². The average Bonchev–Trinajstić information content (AvgIpc) is 3.39. The number of quaternary nitrogens is 1. The highest BCUT2D eigenvalue weighted by Gasteiger charge is 2.25. The number of aliphatic carboxylic acids is 1. The van der Waals surface area contributed by atoms with E-state index in [-0.39, 0.29) is 32.2 Å². The molecule has 9 heteroatoms. The molecule has 0 saturated heterocycles. The first kappa shape index (κ1) is 72.0. The molecule has 434 valence electrons. The van der Waals surface area contributed by atoms with E-state index in [0.717, 1.165) is 103 Å². The molecule has 1 N–H and O–H groups in total. The Balaban J connectivity index is 4.17. The van der Waals surface area contributed by atoms with Crippen LogP contribution in [-0.4, -0.2) is 87.4 Å². The van der Waals surface area contributed by atoms with E-state index in [9.17, 15) is 19.5 Å². The third-order valence-corrected chi connectivity index (χ3v) is 12.8. The number of carboxylic acid groups (broad SMARTS) is 1. The first-order valence-electron chi connectivity index (χ1n) is 30.6. The molecule has 0 aliphatic rings. The summed E-state index contributed by atoms with van der Waals surface area (Å²) in [5, 5.41) is 9.70. The summed E-state index contributed by atoms with van der Waals surface area (Å²) in [5.74, 6) is -2.01. The van der Waals surface area contributed by atoms with Gasteiger partial charge in [0.15, 0.2) is 6.10 Å². The molecule has 0 heterocycles. The monoisotopic (exact) mass is 1060 g/mol. The quantitative estimate of drug-likeness (QED) is 0.0211. The standard InChI is InChI=1S/C67H113NO8/c1-6-8-10-12-14-16-18-20-22-23-24-25-26-27-28-29-30-31-32-33-34-35-36-37-38-39-40-41-42-43-44-46-48-50-52-54-56-58-65(70)76-63(62-75-67(66(71)72)73-60-59-68(3,4)5)61-74-64(69)57-55-53-51-49-47-45-21-19-17-15-13-11-9-7-2/h8,10,14,16,20,22,24-25,27-28,30-31,33-34,36-37,39-40,63,67H,6-7,9,11-13,15,17-19,21,23,26,29,32,35,38,41-62H2,1-5H3/p+1/b10-8-,16-14-,22-20-,25-24-,28-27-,31-30-,34-33-,37-36-,40-39-. The lowest BCUT2D eigenvalue weighted by atomic mass is 10.0. The molecule has 0 rings (SSSR count). The molecule has 0 fully saturated rings. The summed E-state index contributed by atoms with van der Waals surface area (Å²) >= 11 is 0. The van der Waals surface area contributed by atoms with Crippen molar-refractivity contribution < 1.29 is 42.9 Å². The van der Waals surface area contributed by atoms with Gasteiger partial charge in [-0.25, -0.2) is 4.79 Å². The average molecular weight is 1060 g/mol. The molecule has 0 spiro atoms. The van der Waals surface area contributed by atoms with E-state index < -0.39 is 24.3 Å². The molecule has 0 aliphatic carbocycles. The number of ether oxygens (including phenoxy) is 4. The summed E-state index contributed by atoms with van der Waals surface area (Å²) in [6.07, 6.45) is 76.0. The molecule has 0 saturated carbocycles. The molecule has 0 radical (unpaired) electrons. The Hall–Kier alpha value is -4.05. The number of likely N-dealkylation sites (N-methyl/N-ethyl adjacent to an activating group) is 1. The van der Waals surface area contributed by atoms with Crippen molar-refractivity contribution in [2.75, 3.05) is 47.5 Å². The zero-order chi connectivity index (χ0) is 55.5. The number of nitrogens with zero attached hydrogens (tertiary/aromatic N) is 1. The molecule has 9 nitrogen and oxygen atoms in total. The number of carbonyl (C=O) groups is 3. The van der Waals surface area contributed by atoms with Crippen LogP contribution in [0, 0.1) is 0 Å². The largest absolute Gasteiger partial charge is 0.477 e. The van der Waals surface area contributed by atoms with Gasteiger partial charge >= 0.3 is 17.9 Å². The van der Waals surface area contributed by atoms with Crippen molar-refractivity contribution in [3.8, 4) is 0 Å². The van der Waals surface area contributed by atoms with Crippen molar-refractivity contribution in [1.82, 2.24) is 0 Å². The summed E-state index contributed by atoms with van der Waals surface area (Å²) in [6, 6.07) is 0. The predicted molar refractivity (Wildman–Crippen MR) is 322 cm³/mol. The number of rotatable bonds is 55. The maximum Gasteiger partial charge on any atom is 0.361 e. The molecular weight excluding hydrogens is 947 g/mol. The van der Waals surface area contributed by atoms with Gasteiger partial charge in [-0.05, 0) is 83.5 Å². The zero-order valence-electron chi connectivity index (χ0n) is 49.4. The fourth-order valence-electron chi connectivity index (χ4n) is 8.12. The first-order valence-corrected chi connectivity index (χ1v) is 30.6. The normalized spacial score (nSPS) is 13.5. The van der Waals surface area contributed by atoms with E-state index in [2.05, 4.69) is 123 Å². The summed E-state index contributed by atoms with van der Waals surface area (Å²) in [4.78, 5) is 37.4. The highest BCUT2D eigenvalue weighted by atomic mass is 16.7. The second-order valence-corrected chi connectivity index (χ2v) is 21.3. The second kappa shape index (κ2) is 57.1. The van der Waals surface area contributed by atoms with Crippen molar-refractivity contribution in [2.45, 2.75) is 251 Å². The molecule has 76 heavy (non-hydrogen) atoms. The lowest BCUT2D eigenvalue weighted by molar-refractivity contribution is -0.870. The minimum absolute atomic E-state index is 0.183. The molecule has 0 aromatic rings. The molecule has 0 amide bonds. The number of carbonyl (C=O) groups excluding carboxylic acids is 2. The second-order valence-electron chi connectivity index (χ2n) is 21.3. The summed E-state index contributed by atoms with van der Waals surface area (Å²) in [6.45, 7) is 4.76. The molecule has 0 aromatic carbocycles. The van der Waals surface area contributed by atoms with Gasteiger partial charge in [0.05, 0.1) is 34.4 Å². The highest BCUT2D eigenvalue weighted by molar-refractivity contribution is 5.71. The van der Waals surface area contributed by atoms with Crippen LogP contribution < -0.4 is 0 Å². The van der Waals surface area contributed by atoms with Gasteiger partial charge in [-0.15, -0.1) is 0 Å². The minimum Gasteiger partial charge on any atom is -0.477 e. The van der Waals surface area contributed by atoms with E-state index in [4.69, 9.17) is 18.9 Å². The topological polar surface area (TPSA) is 108 Å². The van der Waals surface area contributed by atoms with Gasteiger partial charge in [0, 0.05) is 12.8 Å². The van der Waals surface area contributed by atoms with Gasteiger partial charge in [0.25, 0.3) is 6.29 Å². The maximum absolute atomic E-state index is 12.9. The Bertz CT molecular complexity index is 1610. The van der Waals surface area contributed by atoms with E-state index >= 15 is 0 Å². The Morgan fingerprint density at radius 3 is 1.12 bits per heavy atom. The number of esters is 2. The van der Waals surface area contributed by atoms with Crippen molar-refractivity contribution in [3.63, 3.8) is 0 Å². The minimum atomic E-state index is -1.52. The molecule has 0 bridgehead atoms. The van der Waals surface area contributed by atoms with E-state index in [1.807, 2.05) is 21.1 Å². The number of unbranched alkanes of at least 4 members (excludes halogenated alkanes) is 22. The predicted octanol–water partition coefficient (Wildman–Crippen LogP) is 18.3. The molecule has 0 aliphatic heterocycles. The zero-order valence-corrected chi connectivity index (χ0v) is 49.4. The number of carboxylic acids is 1. The first-order chi connectivity index (χ1) is 37.1. The van der Waals surface area contributed by atoms with Crippen molar-refractivity contribution in [3.05, 3.63) is 109 Å². The van der Waals surface area contributed by atoms with E-state index in [0.29, 0.717) is 23.9 Å². The summed E-state index contributed by atoms with van der Waals surface area (Å²) in [5.41, 5.74) is 0. The molecule has 2 atom stereocenters. The van der Waals surface area contributed by atoms with Gasteiger partial charge < -0.3 is 28.5 Å². The SMILES string of the molecule is CC/C=C\C/C=C\C/C=C\C/C=C\C/C=C\C/C=C\C/C=C\C/C=C\C/C=C\CCCCCCCCCCCC(=O)OC(COC(=O)CCCCCCCCCCCCCCCC)COC(OCC[N+](C)(C)C)C(=O)O. The highest BCUT2D eigenvalue weighted by Crippen LogP contribution is 2.16. The van der Waals surface area contributed by atoms with Gasteiger partial charge in [-0.3, -0.25) is 9.59 Å². The van der Waals surface area contributed by atoms with Gasteiger partial charge in [0.2, 0.25) is 0 Å². The van der Waals surface area contributed by atoms with Crippen LogP contribution >= 0.6 is 0 Å². The smallest absolute Gasteiger partial charge is 0.361 e. The van der Waals surface area contributed by atoms with Crippen LogP contribution in [0.15, 0.2) is 109 Å². The Morgan fingerprint density at radius 1 is 0.408 bits per heavy atom. The fourth-order valence-corrected chi connectivity index (χ4v) is 8.12. The van der Waals surface area contributed by atoms with Crippen LogP contribution in [-0.2, 0) is 33.3 Å². The number of hydrogen-bond acceptors (Lipinski definition) is 7. The van der Waals surface area contributed by atoms with Crippen molar-refractivity contribution in [2.24, 2.45) is 0 Å². The van der Waals surface area contributed by atoms with Crippen molar-refractivity contribution in [1.29, 1.82) is 0 Å². The van der Waals surface area contributed by atoms with Gasteiger partial charge in [0.1, 0.15) is 13.2 Å². The van der Waals surface area contributed by atoms with Crippen LogP contribution in [0.4, 0.5) is 0 Å². The van der Waals surface area contributed by atoms with Crippen LogP contribution in [0.25, 0.3) is 0 Å². The Kier molecular flexibility index (Phi) is 54.1. The maximum atomic E-state index is 12.9. The lowest BCUT2D eigenvalue weighted by Gasteiger charge is -2.25. The summed E-state index contributed by atoms with van der Waals surface area (Å²) in [7, 11) is 5.96. The van der Waals surface area contributed by atoms with Crippen LogP contribution in [0.2, 0.25) is 0 Å². The van der Waals surface area contributed by atoms with E-state index in [1.54, 1.807) is 0 Å². The molecule has 2 unspecified atom stereocenters. The van der Waals surface area contributed by atoms with E-state index in [1.165, 1.54) is 103 Å². The third kappa shape index (κ3) is 57.7.